The number of nitrogens with zero attached hydrogens (tertiary/aromatic N) is 1. The van der Waals surface area contributed by atoms with Crippen LogP contribution < -0.4 is 16.0 Å². The lowest BCUT2D eigenvalue weighted by atomic mass is 10.1. The van der Waals surface area contributed by atoms with Gasteiger partial charge in [-0.05, 0) is 25.1 Å². The number of anilines is 2. The van der Waals surface area contributed by atoms with E-state index in [0.29, 0.717) is 24.5 Å². The fourth-order valence-corrected chi connectivity index (χ4v) is 1.65. The second-order valence-electron chi connectivity index (χ2n) is 3.97. The van der Waals surface area contributed by atoms with Gasteiger partial charge in [-0.15, -0.1) is 0 Å². The first-order valence-corrected chi connectivity index (χ1v) is 6.00. The zero-order valence-electron chi connectivity index (χ0n) is 11.2. The van der Waals surface area contributed by atoms with Crippen molar-refractivity contribution in [1.82, 2.24) is 5.32 Å². The molecule has 0 radical (unpaired) electrons. The largest absolute Gasteiger partial charge is 0.397 e. The molecule has 0 aliphatic carbocycles. The highest BCUT2D eigenvalue weighted by molar-refractivity contribution is 5.95. The summed E-state index contributed by atoms with van der Waals surface area (Å²) < 4.78 is 5.30. The lowest BCUT2D eigenvalue weighted by Crippen LogP contribution is -2.24. The van der Waals surface area contributed by atoms with Crippen molar-refractivity contribution < 1.29 is 9.53 Å². The minimum atomic E-state index is -0.134. The van der Waals surface area contributed by atoms with Crippen LogP contribution in [0.3, 0.4) is 0 Å². The summed E-state index contributed by atoms with van der Waals surface area (Å²) in [5, 5.41) is 2.57. The Kier molecular flexibility index (Phi) is 5.45. The summed E-state index contributed by atoms with van der Waals surface area (Å²) in [6.45, 7) is 4.09. The molecule has 0 saturated heterocycles. The molecular weight excluding hydrogens is 230 g/mol. The number of hydrogen-bond acceptors (Lipinski definition) is 4. The molecule has 1 rings (SSSR count). The Morgan fingerprint density at radius 2 is 2.22 bits per heavy atom. The quantitative estimate of drug-likeness (QED) is 0.587. The number of ether oxygens (including phenoxy) is 1. The van der Waals surface area contributed by atoms with E-state index in [1.165, 1.54) is 0 Å². The highest BCUT2D eigenvalue weighted by Gasteiger charge is 2.09. The molecule has 1 aromatic carbocycles. The molecule has 0 aliphatic heterocycles. The lowest BCUT2D eigenvalue weighted by molar-refractivity contribution is 0.0963. The minimum absolute atomic E-state index is 0.134. The number of hydrogen-bond donors (Lipinski definition) is 2. The van der Waals surface area contributed by atoms with Gasteiger partial charge in [0.25, 0.3) is 5.91 Å². The van der Waals surface area contributed by atoms with Crippen molar-refractivity contribution in [2.45, 2.75) is 6.92 Å². The maximum Gasteiger partial charge on any atom is 0.251 e. The molecule has 100 valence electrons. The zero-order valence-corrected chi connectivity index (χ0v) is 11.2. The Hall–Kier alpha value is -1.75. The third kappa shape index (κ3) is 3.63. The molecule has 0 heterocycles. The van der Waals surface area contributed by atoms with E-state index in [2.05, 4.69) is 5.32 Å². The molecule has 0 saturated carbocycles. The Labute approximate surface area is 108 Å². The van der Waals surface area contributed by atoms with Gasteiger partial charge in [0.05, 0.1) is 18.0 Å². The summed E-state index contributed by atoms with van der Waals surface area (Å²) in [6, 6.07) is 5.30. The standard InChI is InChI=1S/C13H21N3O2/c1-4-18-8-7-16(3)12-6-5-10(9-11(12)14)13(17)15-2/h5-6,9H,4,7-8,14H2,1-3H3,(H,15,17). The summed E-state index contributed by atoms with van der Waals surface area (Å²) in [5.74, 6) is -0.134. The van der Waals surface area contributed by atoms with E-state index in [9.17, 15) is 4.79 Å². The third-order valence-corrected chi connectivity index (χ3v) is 2.70. The van der Waals surface area contributed by atoms with E-state index in [-0.39, 0.29) is 5.91 Å². The number of amides is 1. The maximum atomic E-state index is 11.5. The Morgan fingerprint density at radius 1 is 1.50 bits per heavy atom. The SMILES string of the molecule is CCOCCN(C)c1ccc(C(=O)NC)cc1N. The Bertz CT molecular complexity index is 407. The van der Waals surface area contributed by atoms with E-state index < -0.39 is 0 Å². The van der Waals surface area contributed by atoms with E-state index in [1.54, 1.807) is 19.2 Å². The van der Waals surface area contributed by atoms with Gasteiger partial charge in [0.1, 0.15) is 0 Å². The third-order valence-electron chi connectivity index (χ3n) is 2.70. The maximum absolute atomic E-state index is 11.5. The van der Waals surface area contributed by atoms with Crippen molar-refractivity contribution in [2.75, 3.05) is 44.5 Å². The molecular formula is C13H21N3O2. The molecule has 0 aliphatic rings. The van der Waals surface area contributed by atoms with Crippen LogP contribution in [0.15, 0.2) is 18.2 Å². The molecule has 1 aromatic rings. The zero-order chi connectivity index (χ0) is 13.5. The van der Waals surface area contributed by atoms with Crippen LogP contribution in [0.5, 0.6) is 0 Å². The molecule has 3 N–H and O–H groups in total. The predicted octanol–water partition coefficient (Wildman–Crippen LogP) is 1.10. The second-order valence-corrected chi connectivity index (χ2v) is 3.97. The summed E-state index contributed by atoms with van der Waals surface area (Å²) in [7, 11) is 3.55. The summed E-state index contributed by atoms with van der Waals surface area (Å²) in [6.07, 6.45) is 0. The number of rotatable bonds is 6. The number of nitrogen functional groups attached to an aromatic ring is 1. The normalized spacial score (nSPS) is 10.2. The van der Waals surface area contributed by atoms with Gasteiger partial charge in [-0.2, -0.15) is 0 Å². The fourth-order valence-electron chi connectivity index (χ4n) is 1.65. The fraction of sp³-hybridized carbons (Fsp3) is 0.462. The number of nitrogens with two attached hydrogens (primary N) is 1. The van der Waals surface area contributed by atoms with Crippen molar-refractivity contribution >= 4 is 17.3 Å². The number of nitrogens with one attached hydrogen (secondary N) is 1. The highest BCUT2D eigenvalue weighted by Crippen LogP contribution is 2.23. The summed E-state index contributed by atoms with van der Waals surface area (Å²) in [5.41, 5.74) is 8.02. The molecule has 1 amide bonds. The van der Waals surface area contributed by atoms with Crippen LogP contribution in [0.25, 0.3) is 0 Å². The van der Waals surface area contributed by atoms with Gasteiger partial charge < -0.3 is 20.7 Å². The highest BCUT2D eigenvalue weighted by atomic mass is 16.5. The van der Waals surface area contributed by atoms with Crippen LogP contribution in [0.1, 0.15) is 17.3 Å². The second kappa shape index (κ2) is 6.86. The van der Waals surface area contributed by atoms with Crippen LogP contribution in [-0.4, -0.2) is 39.8 Å². The Morgan fingerprint density at radius 3 is 2.78 bits per heavy atom. The molecule has 0 bridgehead atoms. The van der Waals surface area contributed by atoms with Crippen LogP contribution in [0, 0.1) is 0 Å². The average Bonchev–Trinajstić information content (AvgIpc) is 2.37. The van der Waals surface area contributed by atoms with Crippen LogP contribution >= 0.6 is 0 Å². The topological polar surface area (TPSA) is 67.6 Å². The van der Waals surface area contributed by atoms with Crippen molar-refractivity contribution in [3.05, 3.63) is 23.8 Å². The van der Waals surface area contributed by atoms with Gasteiger partial charge in [-0.25, -0.2) is 0 Å². The molecule has 0 aromatic heterocycles. The Balaban J connectivity index is 2.75. The van der Waals surface area contributed by atoms with Gasteiger partial charge >= 0.3 is 0 Å². The molecule has 18 heavy (non-hydrogen) atoms. The molecule has 0 fully saturated rings. The van der Waals surface area contributed by atoms with Gasteiger partial charge in [0.2, 0.25) is 0 Å². The summed E-state index contributed by atoms with van der Waals surface area (Å²) >= 11 is 0. The van der Waals surface area contributed by atoms with Crippen LogP contribution in [0.2, 0.25) is 0 Å². The first-order valence-electron chi connectivity index (χ1n) is 6.00. The first-order chi connectivity index (χ1) is 8.60. The van der Waals surface area contributed by atoms with Crippen molar-refractivity contribution in [2.24, 2.45) is 0 Å². The van der Waals surface area contributed by atoms with Gasteiger partial charge in [-0.1, -0.05) is 0 Å². The average molecular weight is 251 g/mol. The van der Waals surface area contributed by atoms with Crippen molar-refractivity contribution in [1.29, 1.82) is 0 Å². The van der Waals surface area contributed by atoms with E-state index in [4.69, 9.17) is 10.5 Å². The van der Waals surface area contributed by atoms with Crippen LogP contribution in [0.4, 0.5) is 11.4 Å². The van der Waals surface area contributed by atoms with Crippen molar-refractivity contribution in [3.8, 4) is 0 Å². The van der Waals surface area contributed by atoms with Crippen molar-refractivity contribution in [3.63, 3.8) is 0 Å². The smallest absolute Gasteiger partial charge is 0.251 e. The predicted molar refractivity (Wildman–Crippen MR) is 74.0 cm³/mol. The molecule has 5 heteroatoms. The first kappa shape index (κ1) is 14.3. The van der Waals surface area contributed by atoms with Gasteiger partial charge in [0.15, 0.2) is 0 Å². The van der Waals surface area contributed by atoms with E-state index in [0.717, 1.165) is 12.2 Å². The lowest BCUT2D eigenvalue weighted by Gasteiger charge is -2.21. The van der Waals surface area contributed by atoms with Gasteiger partial charge in [-0.3, -0.25) is 4.79 Å². The van der Waals surface area contributed by atoms with Gasteiger partial charge in [0, 0.05) is 32.8 Å². The number of carbonyl (C=O) groups is 1. The number of carbonyl (C=O) groups excluding carboxylic acids is 1. The number of likely N-dealkylation sites (N-methyl/N-ethyl adjacent to an activating group) is 1. The monoisotopic (exact) mass is 251 g/mol. The van der Waals surface area contributed by atoms with E-state index >= 15 is 0 Å². The molecule has 0 unspecified atom stereocenters. The molecule has 0 spiro atoms. The van der Waals surface area contributed by atoms with Crippen LogP contribution in [-0.2, 0) is 4.74 Å². The minimum Gasteiger partial charge on any atom is -0.397 e. The molecule has 0 atom stereocenters. The number of benzene rings is 1. The molecule has 5 nitrogen and oxygen atoms in total. The van der Waals surface area contributed by atoms with E-state index in [1.807, 2.05) is 24.9 Å². The summed E-state index contributed by atoms with van der Waals surface area (Å²) in [4.78, 5) is 13.5.